The van der Waals surface area contributed by atoms with Gasteiger partial charge in [-0.1, -0.05) is 6.92 Å². The predicted octanol–water partition coefficient (Wildman–Crippen LogP) is 2.63. The minimum Gasteiger partial charge on any atom is -0.378 e. The zero-order chi connectivity index (χ0) is 12.6. The fourth-order valence-electron chi connectivity index (χ4n) is 3.21. The second kappa shape index (κ2) is 4.87. The van der Waals surface area contributed by atoms with Crippen molar-refractivity contribution in [1.29, 1.82) is 0 Å². The summed E-state index contributed by atoms with van der Waals surface area (Å²) in [6.07, 6.45) is 2.19. The van der Waals surface area contributed by atoms with E-state index in [-0.39, 0.29) is 29.8 Å². The largest absolute Gasteiger partial charge is 0.378 e. The molecule has 0 spiro atoms. The fraction of sp³-hybridized carbons (Fsp3) is 1.00. The average molecular weight is 242 g/mol. The molecule has 3 nitrogen and oxygen atoms in total. The summed E-state index contributed by atoms with van der Waals surface area (Å²) in [5.74, 6) is 0.586. The van der Waals surface area contributed by atoms with Crippen molar-refractivity contribution < 1.29 is 14.2 Å². The first kappa shape index (κ1) is 13.3. The van der Waals surface area contributed by atoms with Crippen LogP contribution >= 0.6 is 0 Å². The van der Waals surface area contributed by atoms with Gasteiger partial charge >= 0.3 is 0 Å². The molecule has 2 fully saturated rings. The van der Waals surface area contributed by atoms with E-state index in [0.29, 0.717) is 5.92 Å². The van der Waals surface area contributed by atoms with Gasteiger partial charge in [-0.2, -0.15) is 0 Å². The van der Waals surface area contributed by atoms with Crippen LogP contribution in [0.3, 0.4) is 0 Å². The second-order valence-corrected chi connectivity index (χ2v) is 6.28. The van der Waals surface area contributed by atoms with Gasteiger partial charge in [0.2, 0.25) is 0 Å². The third kappa shape index (κ3) is 2.51. The van der Waals surface area contributed by atoms with Crippen molar-refractivity contribution in [2.24, 2.45) is 11.3 Å². The molecule has 2 rings (SSSR count). The van der Waals surface area contributed by atoms with Crippen molar-refractivity contribution in [3.63, 3.8) is 0 Å². The van der Waals surface area contributed by atoms with Crippen LogP contribution < -0.4 is 0 Å². The first-order valence-electron chi connectivity index (χ1n) is 6.83. The number of hydrogen-bond donors (Lipinski definition) is 0. The lowest BCUT2D eigenvalue weighted by atomic mass is 9.85. The molecular formula is C14H26O3. The van der Waals surface area contributed by atoms with Crippen LogP contribution in [0.25, 0.3) is 0 Å². The number of fused-ring (bicyclic) bond motifs is 2. The van der Waals surface area contributed by atoms with Gasteiger partial charge in [-0.3, -0.25) is 0 Å². The Morgan fingerprint density at radius 3 is 2.47 bits per heavy atom. The van der Waals surface area contributed by atoms with Gasteiger partial charge in [0.15, 0.2) is 0 Å². The molecule has 3 heteroatoms. The Bertz CT molecular complexity index is 264. The van der Waals surface area contributed by atoms with Crippen LogP contribution in [-0.2, 0) is 14.2 Å². The lowest BCUT2D eigenvalue weighted by molar-refractivity contribution is -0.0786. The zero-order valence-electron chi connectivity index (χ0n) is 11.7. The molecular weight excluding hydrogens is 216 g/mol. The smallest absolute Gasteiger partial charge is 0.0943 e. The van der Waals surface area contributed by atoms with Crippen molar-refractivity contribution in [3.05, 3.63) is 0 Å². The Kier molecular flexibility index (Phi) is 3.81. The molecule has 2 bridgehead atoms. The molecule has 0 aromatic carbocycles. The quantitative estimate of drug-likeness (QED) is 0.741. The fourth-order valence-corrected chi connectivity index (χ4v) is 3.21. The van der Waals surface area contributed by atoms with Crippen molar-refractivity contribution in [3.8, 4) is 0 Å². The van der Waals surface area contributed by atoms with Gasteiger partial charge in [0.25, 0.3) is 0 Å². The van der Waals surface area contributed by atoms with Crippen LogP contribution in [0.5, 0.6) is 0 Å². The van der Waals surface area contributed by atoms with Crippen LogP contribution in [0.2, 0.25) is 0 Å². The SMILES string of the molecule is CC(C)OCC12COC(C(C)C1)C2OC(C)C. The monoisotopic (exact) mass is 242 g/mol. The molecule has 1 aliphatic heterocycles. The van der Waals surface area contributed by atoms with E-state index in [4.69, 9.17) is 14.2 Å². The zero-order valence-corrected chi connectivity index (χ0v) is 11.7. The van der Waals surface area contributed by atoms with Gasteiger partial charge in [-0.15, -0.1) is 0 Å². The standard InChI is InChI=1S/C14H26O3/c1-9(2)15-7-14-6-11(5)12(16-8-14)13(14)17-10(3)4/h9-13H,6-8H2,1-5H3. The van der Waals surface area contributed by atoms with E-state index in [1.807, 2.05) is 0 Å². The molecule has 0 aromatic rings. The minimum atomic E-state index is 0.0959. The van der Waals surface area contributed by atoms with E-state index in [1.165, 1.54) is 6.42 Å². The summed E-state index contributed by atoms with van der Waals surface area (Å²) in [5.41, 5.74) is 0.0959. The highest BCUT2D eigenvalue weighted by Gasteiger charge is 2.59. The summed E-state index contributed by atoms with van der Waals surface area (Å²) in [4.78, 5) is 0. The van der Waals surface area contributed by atoms with E-state index >= 15 is 0 Å². The Morgan fingerprint density at radius 1 is 1.24 bits per heavy atom. The summed E-state index contributed by atoms with van der Waals surface area (Å²) in [6.45, 7) is 12.2. The maximum atomic E-state index is 6.10. The number of ether oxygens (including phenoxy) is 3. The Morgan fingerprint density at radius 2 is 1.94 bits per heavy atom. The molecule has 2 aliphatic rings. The van der Waals surface area contributed by atoms with Gasteiger partial charge < -0.3 is 14.2 Å². The summed E-state index contributed by atoms with van der Waals surface area (Å²) >= 11 is 0. The highest BCUT2D eigenvalue weighted by atomic mass is 16.6. The summed E-state index contributed by atoms with van der Waals surface area (Å²) in [6, 6.07) is 0. The molecule has 1 heterocycles. The third-order valence-electron chi connectivity index (χ3n) is 3.88. The molecule has 1 saturated heterocycles. The van der Waals surface area contributed by atoms with Crippen molar-refractivity contribution in [1.82, 2.24) is 0 Å². The number of rotatable bonds is 5. The average Bonchev–Trinajstić information content (AvgIpc) is 2.67. The summed E-state index contributed by atoms with van der Waals surface area (Å²) < 4.78 is 17.9. The first-order valence-corrected chi connectivity index (χ1v) is 6.83. The molecule has 1 saturated carbocycles. The van der Waals surface area contributed by atoms with Gasteiger partial charge in [0, 0.05) is 5.41 Å². The van der Waals surface area contributed by atoms with E-state index in [0.717, 1.165) is 13.2 Å². The molecule has 17 heavy (non-hydrogen) atoms. The van der Waals surface area contributed by atoms with Crippen LogP contribution in [0.4, 0.5) is 0 Å². The molecule has 1 aliphatic carbocycles. The predicted molar refractivity (Wildman–Crippen MR) is 67.1 cm³/mol. The molecule has 0 radical (unpaired) electrons. The molecule has 4 atom stereocenters. The van der Waals surface area contributed by atoms with Gasteiger partial charge in [0.05, 0.1) is 37.6 Å². The highest BCUT2D eigenvalue weighted by molar-refractivity contribution is 5.07. The maximum Gasteiger partial charge on any atom is 0.0943 e. The van der Waals surface area contributed by atoms with E-state index < -0.39 is 0 Å². The lowest BCUT2D eigenvalue weighted by Crippen LogP contribution is -2.39. The topological polar surface area (TPSA) is 27.7 Å². The van der Waals surface area contributed by atoms with Crippen molar-refractivity contribution in [2.75, 3.05) is 13.2 Å². The Labute approximate surface area is 105 Å². The molecule has 0 N–H and O–H groups in total. The third-order valence-corrected chi connectivity index (χ3v) is 3.88. The summed E-state index contributed by atoms with van der Waals surface area (Å²) in [5, 5.41) is 0. The van der Waals surface area contributed by atoms with Crippen molar-refractivity contribution >= 4 is 0 Å². The summed E-state index contributed by atoms with van der Waals surface area (Å²) in [7, 11) is 0. The van der Waals surface area contributed by atoms with Crippen LogP contribution in [-0.4, -0.2) is 37.6 Å². The van der Waals surface area contributed by atoms with Crippen LogP contribution in [0.15, 0.2) is 0 Å². The number of hydrogen-bond acceptors (Lipinski definition) is 3. The van der Waals surface area contributed by atoms with Crippen LogP contribution in [0, 0.1) is 11.3 Å². The second-order valence-electron chi connectivity index (χ2n) is 6.28. The van der Waals surface area contributed by atoms with Crippen molar-refractivity contribution in [2.45, 2.75) is 65.5 Å². The van der Waals surface area contributed by atoms with Gasteiger partial charge in [0.1, 0.15) is 0 Å². The normalized spacial score (nSPS) is 40.8. The molecule has 0 amide bonds. The van der Waals surface area contributed by atoms with Gasteiger partial charge in [-0.05, 0) is 40.0 Å². The van der Waals surface area contributed by atoms with E-state index in [9.17, 15) is 0 Å². The van der Waals surface area contributed by atoms with Gasteiger partial charge in [-0.25, -0.2) is 0 Å². The maximum absolute atomic E-state index is 6.10. The molecule has 4 unspecified atom stereocenters. The Hall–Kier alpha value is -0.120. The molecule has 0 aromatic heterocycles. The Balaban J connectivity index is 2.07. The van der Waals surface area contributed by atoms with Crippen LogP contribution in [0.1, 0.15) is 41.0 Å². The minimum absolute atomic E-state index is 0.0959. The molecule has 100 valence electrons. The van der Waals surface area contributed by atoms with E-state index in [2.05, 4.69) is 34.6 Å². The lowest BCUT2D eigenvalue weighted by Gasteiger charge is -2.31. The highest BCUT2D eigenvalue weighted by Crippen LogP contribution is 2.51. The first-order chi connectivity index (χ1) is 7.94. The van der Waals surface area contributed by atoms with E-state index in [1.54, 1.807) is 0 Å².